The van der Waals surface area contributed by atoms with E-state index in [4.69, 9.17) is 4.74 Å². The van der Waals surface area contributed by atoms with Gasteiger partial charge in [0.15, 0.2) is 0 Å². The molecule has 2 atom stereocenters. The Kier molecular flexibility index (Phi) is 8.64. The first-order valence-corrected chi connectivity index (χ1v) is 7.79. The van der Waals surface area contributed by atoms with Crippen LogP contribution in [0.15, 0.2) is 0 Å². The lowest BCUT2D eigenvalue weighted by atomic mass is 10.1. The number of likely N-dealkylation sites (N-methyl/N-ethyl adjacent to an activating group) is 1. The second-order valence-electron chi connectivity index (χ2n) is 5.56. The summed E-state index contributed by atoms with van der Waals surface area (Å²) >= 11 is 0. The Morgan fingerprint density at radius 3 is 2.78 bits per heavy atom. The van der Waals surface area contributed by atoms with Crippen molar-refractivity contribution in [3.63, 3.8) is 0 Å². The van der Waals surface area contributed by atoms with Crippen LogP contribution in [0.25, 0.3) is 0 Å². The lowest BCUT2D eigenvalue weighted by Crippen LogP contribution is -2.35. The maximum absolute atomic E-state index is 5.78. The molecule has 18 heavy (non-hydrogen) atoms. The van der Waals surface area contributed by atoms with Gasteiger partial charge in [-0.3, -0.25) is 0 Å². The lowest BCUT2D eigenvalue weighted by molar-refractivity contribution is -0.00166. The lowest BCUT2D eigenvalue weighted by Gasteiger charge is -2.27. The average Bonchev–Trinajstić information content (AvgIpc) is 2.39. The molecule has 0 radical (unpaired) electrons. The van der Waals surface area contributed by atoms with Crippen molar-refractivity contribution in [2.45, 2.75) is 64.5 Å². The zero-order valence-electron chi connectivity index (χ0n) is 12.6. The number of ether oxygens (including phenoxy) is 1. The summed E-state index contributed by atoms with van der Waals surface area (Å²) < 4.78 is 5.78. The molecule has 2 unspecified atom stereocenters. The maximum atomic E-state index is 5.78. The molecule has 0 saturated carbocycles. The zero-order valence-corrected chi connectivity index (χ0v) is 12.6. The number of nitrogens with zero attached hydrogens (tertiary/aromatic N) is 1. The molecule has 1 fully saturated rings. The fourth-order valence-electron chi connectivity index (χ4n) is 2.74. The van der Waals surface area contributed by atoms with Crippen LogP contribution < -0.4 is 5.32 Å². The molecule has 1 heterocycles. The van der Waals surface area contributed by atoms with Crippen molar-refractivity contribution < 1.29 is 4.74 Å². The second kappa shape index (κ2) is 9.76. The highest BCUT2D eigenvalue weighted by Gasteiger charge is 2.15. The first kappa shape index (κ1) is 15.9. The topological polar surface area (TPSA) is 24.5 Å². The largest absolute Gasteiger partial charge is 0.377 e. The van der Waals surface area contributed by atoms with Crippen LogP contribution in [0.5, 0.6) is 0 Å². The van der Waals surface area contributed by atoms with Gasteiger partial charge in [0.25, 0.3) is 0 Å². The van der Waals surface area contributed by atoms with Crippen molar-refractivity contribution in [3.8, 4) is 0 Å². The summed E-state index contributed by atoms with van der Waals surface area (Å²) in [6.07, 6.45) is 8.15. The quantitative estimate of drug-likeness (QED) is 0.686. The van der Waals surface area contributed by atoms with E-state index in [1.165, 1.54) is 45.1 Å². The van der Waals surface area contributed by atoms with Crippen LogP contribution >= 0.6 is 0 Å². The molecule has 1 saturated heterocycles. The Morgan fingerprint density at radius 2 is 2.17 bits per heavy atom. The monoisotopic (exact) mass is 256 g/mol. The average molecular weight is 256 g/mol. The number of nitrogens with one attached hydrogen (secondary N) is 1. The zero-order chi connectivity index (χ0) is 13.2. The molecule has 0 amide bonds. The summed E-state index contributed by atoms with van der Waals surface area (Å²) in [7, 11) is 2.23. The van der Waals surface area contributed by atoms with E-state index in [2.05, 4.69) is 31.1 Å². The molecule has 0 aromatic heterocycles. The van der Waals surface area contributed by atoms with Gasteiger partial charge in [-0.25, -0.2) is 0 Å². The van der Waals surface area contributed by atoms with Crippen molar-refractivity contribution in [2.75, 3.05) is 33.3 Å². The molecule has 0 spiro atoms. The maximum Gasteiger partial charge on any atom is 0.0701 e. The molecule has 1 aliphatic rings. The normalized spacial score (nSPS) is 22.3. The molecular weight excluding hydrogens is 224 g/mol. The second-order valence-corrected chi connectivity index (χ2v) is 5.56. The molecule has 3 heteroatoms. The Bertz CT molecular complexity index is 193. The van der Waals surface area contributed by atoms with Crippen molar-refractivity contribution in [1.82, 2.24) is 10.2 Å². The molecule has 1 rings (SSSR count). The fraction of sp³-hybridized carbons (Fsp3) is 1.00. The molecule has 108 valence electrons. The third-order valence-electron chi connectivity index (χ3n) is 3.87. The van der Waals surface area contributed by atoms with Gasteiger partial charge in [0, 0.05) is 19.2 Å². The van der Waals surface area contributed by atoms with Gasteiger partial charge in [0.1, 0.15) is 0 Å². The molecule has 0 aromatic rings. The van der Waals surface area contributed by atoms with E-state index in [9.17, 15) is 0 Å². The van der Waals surface area contributed by atoms with Gasteiger partial charge in [-0.2, -0.15) is 0 Å². The third kappa shape index (κ3) is 6.72. The van der Waals surface area contributed by atoms with Crippen LogP contribution in [-0.4, -0.2) is 50.3 Å². The highest BCUT2D eigenvalue weighted by molar-refractivity contribution is 4.69. The predicted octanol–water partition coefficient (Wildman–Crippen LogP) is 2.66. The molecule has 0 bridgehead atoms. The van der Waals surface area contributed by atoms with Gasteiger partial charge < -0.3 is 15.0 Å². The first-order valence-electron chi connectivity index (χ1n) is 7.79. The van der Waals surface area contributed by atoms with Crippen molar-refractivity contribution in [1.29, 1.82) is 0 Å². The van der Waals surface area contributed by atoms with Crippen LogP contribution in [0.4, 0.5) is 0 Å². The van der Waals surface area contributed by atoms with Crippen molar-refractivity contribution >= 4 is 0 Å². The Labute approximate surface area is 113 Å². The minimum atomic E-state index is 0.486. The third-order valence-corrected chi connectivity index (χ3v) is 3.87. The summed E-state index contributed by atoms with van der Waals surface area (Å²) in [5.41, 5.74) is 0. The number of hydrogen-bond donors (Lipinski definition) is 1. The van der Waals surface area contributed by atoms with Gasteiger partial charge in [-0.15, -0.1) is 0 Å². The van der Waals surface area contributed by atoms with Gasteiger partial charge in [0.2, 0.25) is 0 Å². The smallest absolute Gasteiger partial charge is 0.0701 e. The van der Waals surface area contributed by atoms with Gasteiger partial charge in [-0.1, -0.05) is 13.8 Å². The molecule has 1 N–H and O–H groups in total. The molecule has 0 aliphatic carbocycles. The van der Waals surface area contributed by atoms with E-state index < -0.39 is 0 Å². The number of rotatable bonds is 9. The fourth-order valence-corrected chi connectivity index (χ4v) is 2.74. The summed E-state index contributed by atoms with van der Waals surface area (Å²) in [5.74, 6) is 0. The van der Waals surface area contributed by atoms with Gasteiger partial charge in [0.05, 0.1) is 6.10 Å². The standard InChI is InChI=1S/C15H32N2O/c1-4-14(16-5-2)9-8-11-17(3)13-15-10-6-7-12-18-15/h14-16H,4-13H2,1-3H3. The van der Waals surface area contributed by atoms with E-state index in [0.29, 0.717) is 12.1 Å². The molecule has 3 nitrogen and oxygen atoms in total. The predicted molar refractivity (Wildman–Crippen MR) is 78.1 cm³/mol. The Hall–Kier alpha value is -0.120. The number of hydrogen-bond acceptors (Lipinski definition) is 3. The van der Waals surface area contributed by atoms with Gasteiger partial charge >= 0.3 is 0 Å². The van der Waals surface area contributed by atoms with Crippen molar-refractivity contribution in [3.05, 3.63) is 0 Å². The summed E-state index contributed by atoms with van der Waals surface area (Å²) in [6, 6.07) is 0.703. The van der Waals surface area contributed by atoms with E-state index in [0.717, 1.165) is 19.7 Å². The highest BCUT2D eigenvalue weighted by atomic mass is 16.5. The van der Waals surface area contributed by atoms with Crippen LogP contribution in [0, 0.1) is 0 Å². The molecule has 1 aliphatic heterocycles. The molecular formula is C15H32N2O. The van der Waals surface area contributed by atoms with E-state index in [-0.39, 0.29) is 0 Å². The minimum Gasteiger partial charge on any atom is -0.377 e. The van der Waals surface area contributed by atoms with Crippen LogP contribution in [0.3, 0.4) is 0 Å². The Balaban J connectivity index is 2.06. The first-order chi connectivity index (χ1) is 8.76. The van der Waals surface area contributed by atoms with Crippen LogP contribution in [0.1, 0.15) is 52.4 Å². The SMILES string of the molecule is CCNC(CC)CCCN(C)CC1CCCCO1. The van der Waals surface area contributed by atoms with Gasteiger partial charge in [-0.05, 0) is 58.7 Å². The van der Waals surface area contributed by atoms with E-state index in [1.807, 2.05) is 0 Å². The summed E-state index contributed by atoms with van der Waals surface area (Å²) in [6.45, 7) is 8.82. The van der Waals surface area contributed by atoms with Crippen LogP contribution in [-0.2, 0) is 4.74 Å². The summed E-state index contributed by atoms with van der Waals surface area (Å²) in [5, 5.41) is 3.54. The van der Waals surface area contributed by atoms with E-state index >= 15 is 0 Å². The Morgan fingerprint density at radius 1 is 1.33 bits per heavy atom. The highest BCUT2D eigenvalue weighted by Crippen LogP contribution is 2.13. The van der Waals surface area contributed by atoms with E-state index in [1.54, 1.807) is 0 Å². The van der Waals surface area contributed by atoms with Crippen LogP contribution in [0.2, 0.25) is 0 Å². The van der Waals surface area contributed by atoms with Crippen molar-refractivity contribution in [2.24, 2.45) is 0 Å². The molecule has 0 aromatic carbocycles. The summed E-state index contributed by atoms with van der Waals surface area (Å²) in [4.78, 5) is 2.44. The minimum absolute atomic E-state index is 0.486.